The van der Waals surface area contributed by atoms with Crippen LogP contribution in [0.5, 0.6) is 0 Å². The van der Waals surface area contributed by atoms with Crippen LogP contribution >= 0.6 is 11.6 Å². The van der Waals surface area contributed by atoms with Gasteiger partial charge in [-0.05, 0) is 56.3 Å². The number of pyridine rings is 1. The molecule has 146 valence electrons. The van der Waals surface area contributed by atoms with Gasteiger partial charge in [0.05, 0.1) is 20.9 Å². The lowest BCUT2D eigenvalue weighted by molar-refractivity contribution is 0.0769. The quantitative estimate of drug-likeness (QED) is 0.615. The van der Waals surface area contributed by atoms with Gasteiger partial charge < -0.3 is 4.90 Å². The van der Waals surface area contributed by atoms with Gasteiger partial charge in [-0.25, -0.2) is 12.8 Å². The molecule has 28 heavy (non-hydrogen) atoms. The van der Waals surface area contributed by atoms with Crippen molar-refractivity contribution in [3.63, 3.8) is 0 Å². The molecule has 0 N–H and O–H groups in total. The number of fused-ring (bicyclic) bond motifs is 1. The van der Waals surface area contributed by atoms with Gasteiger partial charge in [-0.2, -0.15) is 0 Å². The van der Waals surface area contributed by atoms with Crippen LogP contribution in [0.3, 0.4) is 0 Å². The van der Waals surface area contributed by atoms with E-state index < -0.39 is 21.6 Å². The van der Waals surface area contributed by atoms with Crippen molar-refractivity contribution in [1.82, 2.24) is 9.88 Å². The normalized spacial score (nSPS) is 11.6. The molecule has 0 aliphatic rings. The number of nitrogens with zero attached hydrogens (tertiary/aromatic N) is 2. The predicted molar refractivity (Wildman–Crippen MR) is 106 cm³/mol. The fourth-order valence-corrected chi connectivity index (χ4v) is 4.73. The van der Waals surface area contributed by atoms with Crippen LogP contribution in [0.25, 0.3) is 10.9 Å². The molecule has 3 rings (SSSR count). The summed E-state index contributed by atoms with van der Waals surface area (Å²) in [5, 5.41) is 0.442. The molecule has 0 bridgehead atoms. The number of benzene rings is 2. The zero-order valence-electron chi connectivity index (χ0n) is 15.3. The molecule has 2 aromatic carbocycles. The summed E-state index contributed by atoms with van der Waals surface area (Å²) in [6, 6.07) is 9.28. The fourth-order valence-electron chi connectivity index (χ4n) is 3.00. The monoisotopic (exact) mass is 420 g/mol. The van der Waals surface area contributed by atoms with E-state index in [4.69, 9.17) is 11.6 Å². The first kappa shape index (κ1) is 20.2. The number of carbonyl (C=O) groups is 1. The molecule has 0 saturated carbocycles. The van der Waals surface area contributed by atoms with Gasteiger partial charge in [-0.15, -0.1) is 0 Å². The van der Waals surface area contributed by atoms with Gasteiger partial charge in [0.25, 0.3) is 5.91 Å². The van der Waals surface area contributed by atoms with Gasteiger partial charge in [0.15, 0.2) is 0 Å². The Labute approximate surface area is 167 Å². The smallest absolute Gasteiger partial charge is 0.256 e. The molecule has 0 radical (unpaired) electrons. The number of aromatic nitrogens is 1. The number of hydrogen-bond donors (Lipinski definition) is 0. The molecule has 1 aromatic heterocycles. The number of carbonyl (C=O) groups excluding carboxylic acids is 1. The zero-order chi connectivity index (χ0) is 20.5. The van der Waals surface area contributed by atoms with E-state index in [1.54, 1.807) is 13.8 Å². The summed E-state index contributed by atoms with van der Waals surface area (Å²) in [6.07, 6.45) is 1.24. The van der Waals surface area contributed by atoms with Crippen molar-refractivity contribution in [2.75, 3.05) is 13.1 Å². The van der Waals surface area contributed by atoms with E-state index in [1.807, 2.05) is 0 Å². The zero-order valence-corrected chi connectivity index (χ0v) is 16.9. The lowest BCUT2D eigenvalue weighted by Crippen LogP contribution is -2.31. The van der Waals surface area contributed by atoms with Crippen molar-refractivity contribution in [3.05, 3.63) is 65.1 Å². The Morgan fingerprint density at radius 3 is 2.36 bits per heavy atom. The summed E-state index contributed by atoms with van der Waals surface area (Å²) >= 11 is 5.87. The van der Waals surface area contributed by atoms with E-state index in [9.17, 15) is 17.6 Å². The topological polar surface area (TPSA) is 67.3 Å². The average Bonchev–Trinajstić information content (AvgIpc) is 2.68. The second-order valence-electron chi connectivity index (χ2n) is 6.10. The lowest BCUT2D eigenvalue weighted by Gasteiger charge is -2.21. The first-order valence-corrected chi connectivity index (χ1v) is 10.5. The van der Waals surface area contributed by atoms with Gasteiger partial charge in [-0.3, -0.25) is 9.78 Å². The minimum absolute atomic E-state index is 0.0396. The van der Waals surface area contributed by atoms with E-state index in [0.29, 0.717) is 18.1 Å². The third kappa shape index (κ3) is 3.59. The molecule has 0 saturated heterocycles. The maximum absolute atomic E-state index is 13.9. The van der Waals surface area contributed by atoms with Gasteiger partial charge in [0.2, 0.25) is 9.84 Å². The molecule has 0 unspecified atom stereocenters. The highest BCUT2D eigenvalue weighted by Crippen LogP contribution is 2.32. The second kappa shape index (κ2) is 7.85. The molecule has 0 atom stereocenters. The minimum Gasteiger partial charge on any atom is -0.339 e. The largest absolute Gasteiger partial charge is 0.339 e. The molecule has 0 spiro atoms. The third-order valence-electron chi connectivity index (χ3n) is 4.45. The summed E-state index contributed by atoms with van der Waals surface area (Å²) in [5.41, 5.74) is 0.196. The number of rotatable bonds is 5. The first-order valence-electron chi connectivity index (χ1n) is 8.67. The molecular formula is C20H18ClFN2O3S. The van der Waals surface area contributed by atoms with Crippen LogP contribution in [0.1, 0.15) is 24.2 Å². The average molecular weight is 421 g/mol. The summed E-state index contributed by atoms with van der Waals surface area (Å²) in [6.45, 7) is 4.39. The highest BCUT2D eigenvalue weighted by atomic mass is 35.5. The maximum Gasteiger partial charge on any atom is 0.256 e. The van der Waals surface area contributed by atoms with E-state index in [-0.39, 0.29) is 26.3 Å². The molecule has 3 aromatic rings. The van der Waals surface area contributed by atoms with Crippen LogP contribution < -0.4 is 0 Å². The van der Waals surface area contributed by atoms with E-state index in [2.05, 4.69) is 4.98 Å². The number of sulfone groups is 1. The summed E-state index contributed by atoms with van der Waals surface area (Å²) < 4.78 is 40.8. The Morgan fingerprint density at radius 1 is 1.11 bits per heavy atom. The Bertz CT molecular complexity index is 1140. The molecule has 1 amide bonds. The van der Waals surface area contributed by atoms with Crippen molar-refractivity contribution in [1.29, 1.82) is 0 Å². The number of amides is 1. The molecule has 1 heterocycles. The fraction of sp³-hybridized carbons (Fsp3) is 0.200. The van der Waals surface area contributed by atoms with Crippen LogP contribution in [-0.2, 0) is 9.84 Å². The third-order valence-corrected chi connectivity index (χ3v) is 6.58. The van der Waals surface area contributed by atoms with Crippen LogP contribution in [0, 0.1) is 5.82 Å². The van der Waals surface area contributed by atoms with E-state index in [1.165, 1.54) is 47.5 Å². The number of halogens is 2. The Hall–Kier alpha value is -2.51. The molecule has 8 heteroatoms. The van der Waals surface area contributed by atoms with Crippen LogP contribution in [0.15, 0.2) is 58.5 Å². The van der Waals surface area contributed by atoms with Gasteiger partial charge in [0.1, 0.15) is 5.82 Å². The van der Waals surface area contributed by atoms with Crippen molar-refractivity contribution >= 4 is 38.2 Å². The van der Waals surface area contributed by atoms with Gasteiger partial charge in [0, 0.05) is 29.7 Å². The molecule has 0 aliphatic heterocycles. The van der Waals surface area contributed by atoms with Crippen molar-refractivity contribution < 1.29 is 17.6 Å². The number of hydrogen-bond acceptors (Lipinski definition) is 4. The maximum atomic E-state index is 13.9. The van der Waals surface area contributed by atoms with Crippen molar-refractivity contribution in [2.45, 2.75) is 23.6 Å². The highest BCUT2D eigenvalue weighted by Gasteiger charge is 2.29. The van der Waals surface area contributed by atoms with Crippen LogP contribution in [0.4, 0.5) is 4.39 Å². The minimum atomic E-state index is -4.14. The summed E-state index contributed by atoms with van der Waals surface area (Å²) in [4.78, 5) is 18.4. The molecule has 0 fully saturated rings. The van der Waals surface area contributed by atoms with E-state index >= 15 is 0 Å². The van der Waals surface area contributed by atoms with Crippen molar-refractivity contribution in [2.24, 2.45) is 0 Å². The first-order chi connectivity index (χ1) is 13.3. The Balaban J connectivity index is 2.37. The second-order valence-corrected chi connectivity index (χ2v) is 8.42. The Kier molecular flexibility index (Phi) is 5.67. The summed E-state index contributed by atoms with van der Waals surface area (Å²) in [5.74, 6) is -1.09. The standard InChI is InChI=1S/C20H18ClFN2O3S/c1-3-24(4-2)20(25)17-12-23-18-10-7-14(22)11-16(18)19(17)28(26,27)15-8-5-13(21)6-9-15/h5-12H,3-4H2,1-2H3. The van der Waals surface area contributed by atoms with Crippen LogP contribution in [0.2, 0.25) is 5.02 Å². The van der Waals surface area contributed by atoms with Crippen molar-refractivity contribution in [3.8, 4) is 0 Å². The predicted octanol–water partition coefficient (Wildman–Crippen LogP) is 4.34. The lowest BCUT2D eigenvalue weighted by atomic mass is 10.1. The molecular weight excluding hydrogens is 403 g/mol. The highest BCUT2D eigenvalue weighted by molar-refractivity contribution is 7.91. The molecule has 0 aliphatic carbocycles. The Morgan fingerprint density at radius 2 is 1.75 bits per heavy atom. The SMILES string of the molecule is CCN(CC)C(=O)c1cnc2ccc(F)cc2c1S(=O)(=O)c1ccc(Cl)cc1. The van der Waals surface area contributed by atoms with Gasteiger partial charge >= 0.3 is 0 Å². The molecule has 5 nitrogen and oxygen atoms in total. The van der Waals surface area contributed by atoms with Crippen LogP contribution in [-0.4, -0.2) is 37.3 Å². The van der Waals surface area contributed by atoms with Gasteiger partial charge in [-0.1, -0.05) is 11.6 Å². The van der Waals surface area contributed by atoms with E-state index in [0.717, 1.165) is 6.07 Å². The summed E-state index contributed by atoms with van der Waals surface area (Å²) in [7, 11) is -4.14.